The van der Waals surface area contributed by atoms with Crippen molar-refractivity contribution in [3.05, 3.63) is 30.2 Å². The summed E-state index contributed by atoms with van der Waals surface area (Å²) in [6.45, 7) is 4.16. The van der Waals surface area contributed by atoms with Crippen molar-refractivity contribution >= 4 is 11.1 Å². The monoisotopic (exact) mass is 273 g/mol. The van der Waals surface area contributed by atoms with Crippen LogP contribution in [-0.2, 0) is 6.54 Å². The van der Waals surface area contributed by atoms with Gasteiger partial charge in [0.15, 0.2) is 12.0 Å². The minimum Gasteiger partial charge on any atom is -0.443 e. The number of rotatable bonds is 5. The van der Waals surface area contributed by atoms with E-state index in [4.69, 9.17) is 4.42 Å². The summed E-state index contributed by atoms with van der Waals surface area (Å²) >= 11 is 0. The van der Waals surface area contributed by atoms with Gasteiger partial charge in [-0.15, -0.1) is 0 Å². The first-order valence-electron chi connectivity index (χ1n) is 7.64. The molecular weight excluding hydrogens is 250 g/mol. The Morgan fingerprint density at radius 1 is 1.25 bits per heavy atom. The molecule has 4 nitrogen and oxygen atoms in total. The number of oxazole rings is 1. The van der Waals surface area contributed by atoms with Gasteiger partial charge >= 0.3 is 0 Å². The van der Waals surface area contributed by atoms with Crippen molar-refractivity contribution in [2.24, 2.45) is 0 Å². The van der Waals surface area contributed by atoms with E-state index in [0.29, 0.717) is 12.1 Å². The molecule has 1 heterocycles. The summed E-state index contributed by atoms with van der Waals surface area (Å²) in [5, 5.41) is 7.25. The van der Waals surface area contributed by atoms with Gasteiger partial charge in [-0.2, -0.15) is 0 Å². The van der Waals surface area contributed by atoms with Crippen molar-refractivity contribution in [3.63, 3.8) is 0 Å². The zero-order valence-electron chi connectivity index (χ0n) is 12.1. The number of aromatic nitrogens is 1. The molecule has 3 rings (SSSR count). The van der Waals surface area contributed by atoms with Gasteiger partial charge in [0.05, 0.1) is 0 Å². The van der Waals surface area contributed by atoms with E-state index in [0.717, 1.165) is 24.2 Å². The molecule has 0 saturated heterocycles. The van der Waals surface area contributed by atoms with Gasteiger partial charge in [-0.1, -0.05) is 19.4 Å². The molecule has 0 spiro atoms. The van der Waals surface area contributed by atoms with E-state index < -0.39 is 0 Å². The smallest absolute Gasteiger partial charge is 0.181 e. The Balaban J connectivity index is 1.55. The Morgan fingerprint density at radius 2 is 2.10 bits per heavy atom. The first kappa shape index (κ1) is 13.6. The fourth-order valence-corrected chi connectivity index (χ4v) is 3.12. The zero-order valence-corrected chi connectivity index (χ0v) is 12.1. The van der Waals surface area contributed by atoms with E-state index in [-0.39, 0.29) is 0 Å². The molecule has 0 unspecified atom stereocenters. The predicted octanol–water partition coefficient (Wildman–Crippen LogP) is 2.84. The highest BCUT2D eigenvalue weighted by molar-refractivity contribution is 5.72. The molecule has 2 atom stereocenters. The van der Waals surface area contributed by atoms with Crippen molar-refractivity contribution in [1.82, 2.24) is 15.6 Å². The van der Waals surface area contributed by atoms with Crippen molar-refractivity contribution in [2.45, 2.75) is 51.2 Å². The summed E-state index contributed by atoms with van der Waals surface area (Å²) in [4.78, 5) is 4.14. The Kier molecular flexibility index (Phi) is 4.33. The maximum Gasteiger partial charge on any atom is 0.181 e. The molecule has 0 radical (unpaired) electrons. The molecule has 0 bridgehead atoms. The summed E-state index contributed by atoms with van der Waals surface area (Å²) in [7, 11) is 0. The third kappa shape index (κ3) is 3.19. The number of hydrogen-bond donors (Lipinski definition) is 2. The Morgan fingerprint density at radius 3 is 2.95 bits per heavy atom. The second-order valence-corrected chi connectivity index (χ2v) is 5.65. The Labute approximate surface area is 120 Å². The van der Waals surface area contributed by atoms with Gasteiger partial charge in [-0.25, -0.2) is 4.98 Å². The van der Waals surface area contributed by atoms with Gasteiger partial charge in [0.2, 0.25) is 0 Å². The maximum atomic E-state index is 5.35. The minimum atomic E-state index is 0.623. The van der Waals surface area contributed by atoms with Crippen LogP contribution in [0.2, 0.25) is 0 Å². The summed E-state index contributed by atoms with van der Waals surface area (Å²) in [6.07, 6.45) is 6.65. The molecule has 0 aliphatic heterocycles. The second kappa shape index (κ2) is 6.37. The van der Waals surface area contributed by atoms with E-state index in [1.165, 1.54) is 37.6 Å². The number of fused-ring (bicyclic) bond motifs is 1. The van der Waals surface area contributed by atoms with Gasteiger partial charge in [-0.3, -0.25) is 0 Å². The van der Waals surface area contributed by atoms with Crippen LogP contribution >= 0.6 is 0 Å². The second-order valence-electron chi connectivity index (χ2n) is 5.65. The topological polar surface area (TPSA) is 50.1 Å². The molecule has 1 aromatic heterocycles. The molecule has 0 amide bonds. The lowest BCUT2D eigenvalue weighted by Crippen LogP contribution is -2.41. The fraction of sp³-hybridized carbons (Fsp3) is 0.562. The highest BCUT2D eigenvalue weighted by Crippen LogP contribution is 2.19. The third-order valence-electron chi connectivity index (χ3n) is 4.16. The first-order chi connectivity index (χ1) is 9.85. The van der Waals surface area contributed by atoms with Crippen molar-refractivity contribution in [3.8, 4) is 0 Å². The summed E-state index contributed by atoms with van der Waals surface area (Å²) in [5.41, 5.74) is 3.07. The van der Waals surface area contributed by atoms with Crippen LogP contribution in [0.5, 0.6) is 0 Å². The summed E-state index contributed by atoms with van der Waals surface area (Å²) in [6, 6.07) is 7.54. The van der Waals surface area contributed by atoms with Crippen LogP contribution in [0, 0.1) is 0 Å². The van der Waals surface area contributed by atoms with Gasteiger partial charge in [0.1, 0.15) is 5.52 Å². The molecule has 1 saturated carbocycles. The minimum absolute atomic E-state index is 0.623. The molecule has 2 N–H and O–H groups in total. The van der Waals surface area contributed by atoms with Crippen molar-refractivity contribution in [1.29, 1.82) is 0 Å². The van der Waals surface area contributed by atoms with E-state index in [9.17, 15) is 0 Å². The third-order valence-corrected chi connectivity index (χ3v) is 4.16. The molecule has 108 valence electrons. The first-order valence-corrected chi connectivity index (χ1v) is 7.64. The highest BCUT2D eigenvalue weighted by atomic mass is 16.3. The van der Waals surface area contributed by atoms with E-state index in [2.05, 4.69) is 34.7 Å². The quantitative estimate of drug-likeness (QED) is 0.879. The molecule has 2 aromatic rings. The summed E-state index contributed by atoms with van der Waals surface area (Å²) in [5.74, 6) is 0. The standard InChI is InChI=1S/C16H23N3O/c1-2-17-13-4-3-5-14(9-13)18-10-12-6-7-15-16(8-12)20-11-19-15/h6-8,11,13-14,17-18H,2-5,9-10H2,1H3/t13-,14+/m0/s1. The number of nitrogens with one attached hydrogen (secondary N) is 2. The zero-order chi connectivity index (χ0) is 13.8. The van der Waals surface area contributed by atoms with Crippen LogP contribution in [-0.4, -0.2) is 23.6 Å². The van der Waals surface area contributed by atoms with Gasteiger partial charge < -0.3 is 15.1 Å². The average Bonchev–Trinajstić information content (AvgIpc) is 2.93. The number of hydrogen-bond acceptors (Lipinski definition) is 4. The van der Waals surface area contributed by atoms with E-state index >= 15 is 0 Å². The van der Waals surface area contributed by atoms with Crippen LogP contribution in [0.1, 0.15) is 38.2 Å². The molecule has 20 heavy (non-hydrogen) atoms. The van der Waals surface area contributed by atoms with E-state index in [1.54, 1.807) is 0 Å². The maximum absolute atomic E-state index is 5.35. The van der Waals surface area contributed by atoms with Crippen LogP contribution in [0.3, 0.4) is 0 Å². The van der Waals surface area contributed by atoms with Crippen molar-refractivity contribution in [2.75, 3.05) is 6.54 Å². The Bertz CT molecular complexity index is 549. The Hall–Kier alpha value is -1.39. The molecule has 1 fully saturated rings. The average molecular weight is 273 g/mol. The van der Waals surface area contributed by atoms with Crippen LogP contribution in [0.25, 0.3) is 11.1 Å². The molecule has 1 aliphatic rings. The lowest BCUT2D eigenvalue weighted by Gasteiger charge is -2.30. The summed E-state index contributed by atoms with van der Waals surface area (Å²) < 4.78 is 5.35. The van der Waals surface area contributed by atoms with Gasteiger partial charge in [0, 0.05) is 18.6 Å². The van der Waals surface area contributed by atoms with Gasteiger partial charge in [0.25, 0.3) is 0 Å². The van der Waals surface area contributed by atoms with Crippen molar-refractivity contribution < 1.29 is 4.42 Å². The normalized spacial score (nSPS) is 23.2. The number of nitrogens with zero attached hydrogens (tertiary/aromatic N) is 1. The molecular formula is C16H23N3O. The highest BCUT2D eigenvalue weighted by Gasteiger charge is 2.20. The lowest BCUT2D eigenvalue weighted by atomic mass is 9.91. The van der Waals surface area contributed by atoms with Gasteiger partial charge in [-0.05, 0) is 43.5 Å². The molecule has 1 aromatic carbocycles. The predicted molar refractivity (Wildman–Crippen MR) is 80.6 cm³/mol. The van der Waals surface area contributed by atoms with Crippen LogP contribution in [0.4, 0.5) is 0 Å². The molecule has 1 aliphatic carbocycles. The van der Waals surface area contributed by atoms with E-state index in [1.807, 2.05) is 6.07 Å². The number of benzene rings is 1. The lowest BCUT2D eigenvalue weighted by molar-refractivity contribution is 0.304. The SMILES string of the molecule is CCN[C@H]1CCC[C@@H](NCc2ccc3ncoc3c2)C1. The fourth-order valence-electron chi connectivity index (χ4n) is 3.12. The largest absolute Gasteiger partial charge is 0.443 e. The molecule has 4 heteroatoms. The van der Waals surface area contributed by atoms with Crippen LogP contribution in [0.15, 0.2) is 29.0 Å². The van der Waals surface area contributed by atoms with Crippen LogP contribution < -0.4 is 10.6 Å².